The fourth-order valence-corrected chi connectivity index (χ4v) is 6.38. The van der Waals surface area contributed by atoms with Crippen LogP contribution in [0.2, 0.25) is 0 Å². The van der Waals surface area contributed by atoms with Gasteiger partial charge in [-0.2, -0.15) is 0 Å². The van der Waals surface area contributed by atoms with Gasteiger partial charge in [0.05, 0.1) is 17.6 Å². The molecule has 5 fully saturated rings. The first kappa shape index (κ1) is 24.7. The predicted molar refractivity (Wildman–Crippen MR) is 115 cm³/mol. The number of carbonyl (C=O) groups is 2. The molecule has 6 rings (SSSR count). The van der Waals surface area contributed by atoms with Gasteiger partial charge in [0.1, 0.15) is 48.0 Å². The highest BCUT2D eigenvalue weighted by atomic mass is 16.8. The van der Waals surface area contributed by atoms with Crippen molar-refractivity contribution < 1.29 is 53.7 Å². The van der Waals surface area contributed by atoms with Crippen molar-refractivity contribution >= 4 is 11.8 Å². The van der Waals surface area contributed by atoms with E-state index >= 15 is 0 Å². The Morgan fingerprint density at radius 2 is 1.86 bits per heavy atom. The highest BCUT2D eigenvalue weighted by Crippen LogP contribution is 2.74. The number of aliphatic hydroxyl groups excluding tert-OH is 4. The van der Waals surface area contributed by atoms with E-state index in [-0.39, 0.29) is 25.2 Å². The first-order valence-electron chi connectivity index (χ1n) is 11.6. The molecule has 11 heteroatoms. The molecule has 35 heavy (non-hydrogen) atoms. The lowest BCUT2D eigenvalue weighted by molar-refractivity contribution is -0.381. The standard InChI is InChI=1S/C24H30O11/c1-22-9-14(26)13-8-24(22,34-20-18(29)17(28)16(27)15(10-25)33-20)23(13,21(31-2)35-22)11-32-19(30)12-6-4-3-5-7-12/h3-7,13,15-18,20-21,25,27-29H,8-11H2,1-2H3/t13-,15+,16+,17-,18+,20-,21+,22-,23-,24-/m0/s1. The normalized spacial score (nSPS) is 46.2. The Morgan fingerprint density at radius 1 is 1.14 bits per heavy atom. The third-order valence-electron chi connectivity index (χ3n) is 8.24. The molecular formula is C24H30O11. The van der Waals surface area contributed by atoms with Gasteiger partial charge in [-0.25, -0.2) is 4.79 Å². The van der Waals surface area contributed by atoms with E-state index in [4.69, 9.17) is 23.7 Å². The van der Waals surface area contributed by atoms with E-state index in [1.165, 1.54) is 7.11 Å². The summed E-state index contributed by atoms with van der Waals surface area (Å²) in [6, 6.07) is 8.39. The van der Waals surface area contributed by atoms with Gasteiger partial charge in [-0.1, -0.05) is 18.2 Å². The molecule has 0 unspecified atom stereocenters. The fraction of sp³-hybridized carbons (Fsp3) is 0.667. The van der Waals surface area contributed by atoms with Crippen LogP contribution >= 0.6 is 0 Å². The van der Waals surface area contributed by atoms with Gasteiger partial charge < -0.3 is 44.1 Å². The molecule has 2 saturated heterocycles. The number of esters is 1. The Morgan fingerprint density at radius 3 is 2.51 bits per heavy atom. The molecule has 2 aliphatic heterocycles. The van der Waals surface area contributed by atoms with E-state index in [2.05, 4.69) is 0 Å². The molecule has 10 atom stereocenters. The molecule has 0 radical (unpaired) electrons. The molecule has 3 aliphatic carbocycles. The van der Waals surface area contributed by atoms with Crippen LogP contribution in [-0.4, -0.2) is 101 Å². The Bertz CT molecular complexity index is 985. The second-order valence-corrected chi connectivity index (χ2v) is 9.94. The van der Waals surface area contributed by atoms with Gasteiger partial charge in [0.15, 0.2) is 12.6 Å². The highest BCUT2D eigenvalue weighted by Gasteiger charge is 2.87. The number of aliphatic hydroxyl groups is 4. The average molecular weight is 494 g/mol. The summed E-state index contributed by atoms with van der Waals surface area (Å²) in [6.45, 7) is 0.812. The van der Waals surface area contributed by atoms with Crippen LogP contribution in [0.15, 0.2) is 30.3 Å². The number of ether oxygens (including phenoxy) is 5. The summed E-state index contributed by atoms with van der Waals surface area (Å²) in [4.78, 5) is 25.8. The zero-order valence-electron chi connectivity index (χ0n) is 19.4. The maximum Gasteiger partial charge on any atom is 0.338 e. The van der Waals surface area contributed by atoms with Crippen LogP contribution in [-0.2, 0) is 28.5 Å². The van der Waals surface area contributed by atoms with Crippen LogP contribution < -0.4 is 0 Å². The van der Waals surface area contributed by atoms with Crippen LogP contribution in [0.3, 0.4) is 0 Å². The lowest BCUT2D eigenvalue weighted by Gasteiger charge is -2.66. The van der Waals surface area contributed by atoms with Gasteiger partial charge in [0.2, 0.25) is 0 Å². The van der Waals surface area contributed by atoms with E-state index in [1.807, 2.05) is 0 Å². The summed E-state index contributed by atoms with van der Waals surface area (Å²) in [6.07, 6.45) is -8.23. The van der Waals surface area contributed by atoms with Crippen molar-refractivity contribution in [1.82, 2.24) is 0 Å². The lowest BCUT2D eigenvalue weighted by atomic mass is 9.41. The van der Waals surface area contributed by atoms with Gasteiger partial charge in [-0.15, -0.1) is 0 Å². The number of hydrogen-bond acceptors (Lipinski definition) is 11. The number of benzene rings is 1. The number of ketones is 1. The molecule has 1 aromatic carbocycles. The summed E-state index contributed by atoms with van der Waals surface area (Å²) in [5.41, 5.74) is -3.41. The number of methoxy groups -OCH3 is 1. The third-order valence-corrected chi connectivity index (χ3v) is 8.24. The van der Waals surface area contributed by atoms with Crippen molar-refractivity contribution in [2.24, 2.45) is 11.3 Å². The first-order valence-corrected chi connectivity index (χ1v) is 11.6. The summed E-state index contributed by atoms with van der Waals surface area (Å²) >= 11 is 0. The highest BCUT2D eigenvalue weighted by molar-refractivity contribution is 5.90. The van der Waals surface area contributed by atoms with Gasteiger partial charge in [0, 0.05) is 19.4 Å². The van der Waals surface area contributed by atoms with E-state index in [9.17, 15) is 30.0 Å². The minimum absolute atomic E-state index is 0.00330. The molecule has 2 heterocycles. The van der Waals surface area contributed by atoms with Crippen LogP contribution in [0.4, 0.5) is 0 Å². The number of Topliss-reactive ketones (excluding diaryl/α,β-unsaturated/α-hetero) is 1. The van der Waals surface area contributed by atoms with Crippen LogP contribution in [0.1, 0.15) is 30.1 Å². The molecule has 5 aliphatic rings. The summed E-state index contributed by atoms with van der Waals surface area (Å²) in [7, 11) is 1.42. The smallest absolute Gasteiger partial charge is 0.338 e. The van der Waals surface area contributed by atoms with Crippen molar-refractivity contribution in [3.05, 3.63) is 35.9 Å². The van der Waals surface area contributed by atoms with Crippen molar-refractivity contribution in [1.29, 1.82) is 0 Å². The number of carbonyl (C=O) groups excluding carboxylic acids is 2. The monoisotopic (exact) mass is 494 g/mol. The van der Waals surface area contributed by atoms with Crippen molar-refractivity contribution in [3.8, 4) is 0 Å². The van der Waals surface area contributed by atoms with Gasteiger partial charge >= 0.3 is 5.97 Å². The maximum atomic E-state index is 13.1. The average Bonchev–Trinajstić information content (AvgIpc) is 2.93. The van der Waals surface area contributed by atoms with Crippen LogP contribution in [0.25, 0.3) is 0 Å². The molecular weight excluding hydrogens is 464 g/mol. The van der Waals surface area contributed by atoms with E-state index in [0.29, 0.717) is 5.56 Å². The topological polar surface area (TPSA) is 161 Å². The molecule has 3 saturated carbocycles. The maximum absolute atomic E-state index is 13.1. The summed E-state index contributed by atoms with van der Waals surface area (Å²) < 4.78 is 29.5. The molecule has 0 spiro atoms. The van der Waals surface area contributed by atoms with E-state index in [0.717, 1.165) is 0 Å². The second kappa shape index (κ2) is 8.56. The van der Waals surface area contributed by atoms with Crippen molar-refractivity contribution in [2.45, 2.75) is 68.0 Å². The Labute approximate surface area is 201 Å². The summed E-state index contributed by atoms with van der Waals surface area (Å²) in [5.74, 6) is -1.28. The number of fused-ring (bicyclic) bond motifs is 1. The van der Waals surface area contributed by atoms with Crippen molar-refractivity contribution in [3.63, 3.8) is 0 Å². The van der Waals surface area contributed by atoms with Gasteiger partial charge in [0.25, 0.3) is 0 Å². The number of hydrogen-bond donors (Lipinski definition) is 4. The molecule has 1 aromatic rings. The zero-order valence-corrected chi connectivity index (χ0v) is 19.4. The third kappa shape index (κ3) is 3.27. The van der Waals surface area contributed by atoms with Crippen LogP contribution in [0.5, 0.6) is 0 Å². The zero-order chi connectivity index (χ0) is 25.2. The largest absolute Gasteiger partial charge is 0.461 e. The minimum Gasteiger partial charge on any atom is -0.461 e. The second-order valence-electron chi connectivity index (χ2n) is 9.94. The molecule has 4 N–H and O–H groups in total. The number of rotatable bonds is 7. The Hall–Kier alpha value is -1.96. The SMILES string of the molecule is CO[C@@H]1O[C@@]2(C)CC(=O)[C@@H]3C[C@@]2(O[C@@H]2O[C@H](CO)[C@@H](O)[C@H](O)[C@H]2O)[C@]13COC(=O)c1ccccc1. The Balaban J connectivity index is 1.49. The molecule has 192 valence electrons. The van der Waals surface area contributed by atoms with Crippen molar-refractivity contribution in [2.75, 3.05) is 20.3 Å². The summed E-state index contributed by atoms with van der Waals surface area (Å²) in [5, 5.41) is 40.6. The van der Waals surface area contributed by atoms with E-state index < -0.39 is 72.1 Å². The van der Waals surface area contributed by atoms with Gasteiger partial charge in [-0.05, 0) is 25.5 Å². The van der Waals surface area contributed by atoms with Crippen LogP contribution in [0, 0.1) is 11.3 Å². The van der Waals surface area contributed by atoms with Gasteiger partial charge in [-0.3, -0.25) is 4.79 Å². The lowest BCUT2D eigenvalue weighted by Crippen LogP contribution is -2.80. The molecule has 4 bridgehead atoms. The molecule has 0 amide bonds. The Kier molecular flexibility index (Phi) is 6.05. The first-order chi connectivity index (χ1) is 16.6. The quantitative estimate of drug-likeness (QED) is 0.349. The molecule has 0 aromatic heterocycles. The fourth-order valence-electron chi connectivity index (χ4n) is 6.38. The van der Waals surface area contributed by atoms with E-state index in [1.54, 1.807) is 37.3 Å². The molecule has 11 nitrogen and oxygen atoms in total. The predicted octanol–water partition coefficient (Wildman–Crippen LogP) is -0.861. The minimum atomic E-state index is -1.65.